The second kappa shape index (κ2) is 5.65. The zero-order chi connectivity index (χ0) is 12.3. The van der Waals surface area contributed by atoms with E-state index in [4.69, 9.17) is 5.73 Å². The van der Waals surface area contributed by atoms with E-state index in [9.17, 15) is 0 Å². The van der Waals surface area contributed by atoms with Gasteiger partial charge in [0.1, 0.15) is 0 Å². The summed E-state index contributed by atoms with van der Waals surface area (Å²) in [6.07, 6.45) is 7.19. The van der Waals surface area contributed by atoms with Crippen molar-refractivity contribution in [3.8, 4) is 0 Å². The third-order valence-corrected chi connectivity index (χ3v) is 3.94. The van der Waals surface area contributed by atoms with Crippen LogP contribution in [0.5, 0.6) is 0 Å². The molecule has 0 amide bonds. The lowest BCUT2D eigenvalue weighted by Gasteiger charge is -2.35. The van der Waals surface area contributed by atoms with E-state index in [1.807, 2.05) is 17.9 Å². The molecule has 1 aliphatic heterocycles. The fourth-order valence-corrected chi connectivity index (χ4v) is 2.81. The van der Waals surface area contributed by atoms with Gasteiger partial charge in [-0.2, -0.15) is 5.10 Å². The Kier molecular flexibility index (Phi) is 4.18. The van der Waals surface area contributed by atoms with Crippen LogP contribution < -0.4 is 5.73 Å². The van der Waals surface area contributed by atoms with Gasteiger partial charge in [0, 0.05) is 31.7 Å². The SMILES string of the molecule is CC[C@H]1CCCCN1Cc1c(CN)cnn1C. The standard InChI is InChI=1S/C13H24N4/c1-3-12-6-4-5-7-17(12)10-13-11(8-14)9-15-16(13)2/h9,12H,3-8,10,14H2,1-2H3/t12-/m0/s1. The molecule has 0 bridgehead atoms. The fraction of sp³-hybridized carbons (Fsp3) is 0.769. The Hall–Kier alpha value is -0.870. The van der Waals surface area contributed by atoms with Gasteiger partial charge in [0.25, 0.3) is 0 Å². The highest BCUT2D eigenvalue weighted by Crippen LogP contribution is 2.22. The lowest BCUT2D eigenvalue weighted by Crippen LogP contribution is -2.39. The van der Waals surface area contributed by atoms with Gasteiger partial charge in [0.05, 0.1) is 11.9 Å². The smallest absolute Gasteiger partial charge is 0.0566 e. The minimum atomic E-state index is 0.591. The highest BCUT2D eigenvalue weighted by Gasteiger charge is 2.22. The molecular weight excluding hydrogens is 212 g/mol. The monoisotopic (exact) mass is 236 g/mol. The van der Waals surface area contributed by atoms with E-state index in [0.29, 0.717) is 6.54 Å². The van der Waals surface area contributed by atoms with Crippen molar-refractivity contribution in [3.63, 3.8) is 0 Å². The highest BCUT2D eigenvalue weighted by molar-refractivity contribution is 5.17. The van der Waals surface area contributed by atoms with E-state index in [-0.39, 0.29) is 0 Å². The van der Waals surface area contributed by atoms with E-state index in [1.54, 1.807) is 0 Å². The number of hydrogen-bond donors (Lipinski definition) is 1. The summed E-state index contributed by atoms with van der Waals surface area (Å²) in [5.41, 5.74) is 8.24. The summed E-state index contributed by atoms with van der Waals surface area (Å²) in [5, 5.41) is 4.31. The summed E-state index contributed by atoms with van der Waals surface area (Å²) in [6.45, 7) is 5.10. The Morgan fingerprint density at radius 2 is 2.29 bits per heavy atom. The van der Waals surface area contributed by atoms with Crippen LogP contribution in [-0.2, 0) is 20.1 Å². The maximum absolute atomic E-state index is 5.76. The molecule has 1 aromatic heterocycles. The second-order valence-electron chi connectivity index (χ2n) is 4.97. The Balaban J connectivity index is 2.10. The number of nitrogens with two attached hydrogens (primary N) is 1. The Bertz CT molecular complexity index is 358. The molecule has 1 aromatic rings. The van der Waals surface area contributed by atoms with Gasteiger partial charge in [-0.25, -0.2) is 0 Å². The lowest BCUT2D eigenvalue weighted by molar-refractivity contribution is 0.132. The molecule has 0 spiro atoms. The van der Waals surface area contributed by atoms with Crippen molar-refractivity contribution in [2.24, 2.45) is 12.8 Å². The van der Waals surface area contributed by atoms with Gasteiger partial charge < -0.3 is 5.73 Å². The quantitative estimate of drug-likeness (QED) is 0.864. The molecule has 1 fully saturated rings. The van der Waals surface area contributed by atoms with Crippen LogP contribution in [0.3, 0.4) is 0 Å². The minimum Gasteiger partial charge on any atom is -0.326 e. The third-order valence-electron chi connectivity index (χ3n) is 3.94. The topological polar surface area (TPSA) is 47.1 Å². The molecule has 1 saturated heterocycles. The minimum absolute atomic E-state index is 0.591. The number of aromatic nitrogens is 2. The van der Waals surface area contributed by atoms with E-state index in [2.05, 4.69) is 16.9 Å². The van der Waals surface area contributed by atoms with E-state index in [0.717, 1.165) is 12.6 Å². The normalized spacial score (nSPS) is 21.9. The molecule has 17 heavy (non-hydrogen) atoms. The predicted octanol–water partition coefficient (Wildman–Crippen LogP) is 1.64. The molecule has 2 N–H and O–H groups in total. The Morgan fingerprint density at radius 1 is 1.47 bits per heavy atom. The molecule has 0 unspecified atom stereocenters. The Labute approximate surface area is 104 Å². The van der Waals surface area contributed by atoms with Crippen LogP contribution in [0.1, 0.15) is 43.9 Å². The summed E-state index contributed by atoms with van der Waals surface area (Å²) >= 11 is 0. The molecule has 2 rings (SSSR count). The summed E-state index contributed by atoms with van der Waals surface area (Å²) in [4.78, 5) is 2.60. The number of rotatable bonds is 4. The van der Waals surface area contributed by atoms with Crippen molar-refractivity contribution < 1.29 is 0 Å². The first-order valence-electron chi connectivity index (χ1n) is 6.70. The first-order valence-corrected chi connectivity index (χ1v) is 6.70. The first kappa shape index (κ1) is 12.6. The molecular formula is C13H24N4. The molecule has 96 valence electrons. The van der Waals surface area contributed by atoms with Crippen molar-refractivity contribution in [3.05, 3.63) is 17.5 Å². The Morgan fingerprint density at radius 3 is 3.00 bits per heavy atom. The van der Waals surface area contributed by atoms with Gasteiger partial charge in [0.15, 0.2) is 0 Å². The summed E-state index contributed by atoms with van der Waals surface area (Å²) in [5.74, 6) is 0. The maximum atomic E-state index is 5.76. The molecule has 0 aromatic carbocycles. The molecule has 4 heteroatoms. The number of likely N-dealkylation sites (tertiary alicyclic amines) is 1. The van der Waals surface area contributed by atoms with Gasteiger partial charge in [-0.3, -0.25) is 9.58 Å². The summed E-state index contributed by atoms with van der Waals surface area (Å²) < 4.78 is 1.98. The number of hydrogen-bond acceptors (Lipinski definition) is 3. The fourth-order valence-electron chi connectivity index (χ4n) is 2.81. The van der Waals surface area contributed by atoms with Gasteiger partial charge in [0.2, 0.25) is 0 Å². The van der Waals surface area contributed by atoms with Gasteiger partial charge in [-0.15, -0.1) is 0 Å². The van der Waals surface area contributed by atoms with E-state index >= 15 is 0 Å². The lowest BCUT2D eigenvalue weighted by atomic mass is 9.99. The summed E-state index contributed by atoms with van der Waals surface area (Å²) in [7, 11) is 2.01. The molecule has 1 aliphatic rings. The van der Waals surface area contributed by atoms with Gasteiger partial charge >= 0.3 is 0 Å². The number of aryl methyl sites for hydroxylation is 1. The van der Waals surface area contributed by atoms with Crippen molar-refractivity contribution in [2.75, 3.05) is 6.54 Å². The summed E-state index contributed by atoms with van der Waals surface area (Å²) in [6, 6.07) is 0.740. The van der Waals surface area contributed by atoms with E-state index < -0.39 is 0 Å². The van der Waals surface area contributed by atoms with Gasteiger partial charge in [-0.1, -0.05) is 13.3 Å². The van der Waals surface area contributed by atoms with Crippen LogP contribution in [0, 0.1) is 0 Å². The maximum Gasteiger partial charge on any atom is 0.0566 e. The van der Waals surface area contributed by atoms with Crippen molar-refractivity contribution >= 4 is 0 Å². The number of piperidine rings is 1. The third kappa shape index (κ3) is 2.69. The van der Waals surface area contributed by atoms with Crippen LogP contribution in [-0.4, -0.2) is 27.3 Å². The van der Waals surface area contributed by atoms with Crippen molar-refractivity contribution in [1.29, 1.82) is 0 Å². The van der Waals surface area contributed by atoms with Crippen molar-refractivity contribution in [1.82, 2.24) is 14.7 Å². The van der Waals surface area contributed by atoms with Gasteiger partial charge in [-0.05, 0) is 25.8 Å². The van der Waals surface area contributed by atoms with Crippen LogP contribution in [0.4, 0.5) is 0 Å². The average Bonchev–Trinajstić information content (AvgIpc) is 2.71. The predicted molar refractivity (Wildman–Crippen MR) is 69.4 cm³/mol. The molecule has 2 heterocycles. The molecule has 4 nitrogen and oxygen atoms in total. The second-order valence-corrected chi connectivity index (χ2v) is 4.97. The highest BCUT2D eigenvalue weighted by atomic mass is 15.3. The van der Waals surface area contributed by atoms with Crippen LogP contribution in [0.25, 0.3) is 0 Å². The molecule has 0 radical (unpaired) electrons. The van der Waals surface area contributed by atoms with Crippen LogP contribution in [0.15, 0.2) is 6.20 Å². The largest absolute Gasteiger partial charge is 0.326 e. The molecule has 0 saturated carbocycles. The average molecular weight is 236 g/mol. The van der Waals surface area contributed by atoms with E-state index in [1.165, 1.54) is 43.5 Å². The molecule has 1 atom stereocenters. The zero-order valence-corrected chi connectivity index (χ0v) is 11.0. The number of nitrogens with zero attached hydrogens (tertiary/aromatic N) is 3. The van der Waals surface area contributed by atoms with Crippen molar-refractivity contribution in [2.45, 2.75) is 51.7 Å². The van der Waals surface area contributed by atoms with Crippen LogP contribution >= 0.6 is 0 Å². The molecule has 0 aliphatic carbocycles. The zero-order valence-electron chi connectivity index (χ0n) is 11.0. The first-order chi connectivity index (χ1) is 8.26. The van der Waals surface area contributed by atoms with Crippen LogP contribution in [0.2, 0.25) is 0 Å².